The molecule has 3 heterocycles. The van der Waals surface area contributed by atoms with Gasteiger partial charge in [0.15, 0.2) is 0 Å². The SMILES string of the molecule is O=C(Nc1cccc(NC(=O)N2CCCC(c3nc4ccccc4[nH]3)C2)c1)c1cccs1. The summed E-state index contributed by atoms with van der Waals surface area (Å²) < 4.78 is 0. The number of likely N-dealkylation sites (tertiary alicyclic amines) is 1. The Balaban J connectivity index is 1.24. The second-order valence-corrected chi connectivity index (χ2v) is 8.81. The van der Waals surface area contributed by atoms with Gasteiger partial charge in [-0.25, -0.2) is 9.78 Å². The number of hydrogen-bond acceptors (Lipinski definition) is 4. The van der Waals surface area contributed by atoms with Gasteiger partial charge in [0.25, 0.3) is 5.91 Å². The van der Waals surface area contributed by atoms with Crippen LogP contribution in [0.5, 0.6) is 0 Å². The molecular weight excluding hydrogens is 422 g/mol. The van der Waals surface area contributed by atoms with E-state index in [0.29, 0.717) is 29.3 Å². The van der Waals surface area contributed by atoms with E-state index in [-0.39, 0.29) is 17.9 Å². The van der Waals surface area contributed by atoms with E-state index in [0.717, 1.165) is 29.7 Å². The fraction of sp³-hybridized carbons (Fsp3) is 0.208. The van der Waals surface area contributed by atoms with E-state index in [2.05, 4.69) is 15.6 Å². The number of benzene rings is 2. The third-order valence-corrected chi connectivity index (χ3v) is 6.49. The molecule has 2 aromatic heterocycles. The van der Waals surface area contributed by atoms with Crippen molar-refractivity contribution in [3.63, 3.8) is 0 Å². The monoisotopic (exact) mass is 445 g/mol. The van der Waals surface area contributed by atoms with E-state index >= 15 is 0 Å². The number of fused-ring (bicyclic) bond motifs is 1. The lowest BCUT2D eigenvalue weighted by Gasteiger charge is -2.31. The maximum atomic E-state index is 12.9. The number of carbonyl (C=O) groups is 2. The van der Waals surface area contributed by atoms with E-state index < -0.39 is 0 Å². The van der Waals surface area contributed by atoms with Gasteiger partial charge in [-0.05, 0) is 54.6 Å². The molecule has 0 saturated carbocycles. The van der Waals surface area contributed by atoms with Crippen molar-refractivity contribution in [2.45, 2.75) is 18.8 Å². The number of urea groups is 1. The molecule has 32 heavy (non-hydrogen) atoms. The maximum absolute atomic E-state index is 12.9. The van der Waals surface area contributed by atoms with Crippen molar-refractivity contribution < 1.29 is 9.59 Å². The average Bonchev–Trinajstić information content (AvgIpc) is 3.50. The molecule has 0 bridgehead atoms. The second-order valence-electron chi connectivity index (χ2n) is 7.87. The first-order chi connectivity index (χ1) is 15.7. The number of imidazole rings is 1. The van der Waals surface area contributed by atoms with Crippen LogP contribution in [0.3, 0.4) is 0 Å². The van der Waals surface area contributed by atoms with E-state index in [9.17, 15) is 9.59 Å². The normalized spacial score (nSPS) is 16.1. The summed E-state index contributed by atoms with van der Waals surface area (Å²) in [5.74, 6) is 0.952. The molecule has 5 rings (SSSR count). The number of thiophene rings is 1. The van der Waals surface area contributed by atoms with Crippen LogP contribution in [0.1, 0.15) is 34.3 Å². The predicted molar refractivity (Wildman–Crippen MR) is 127 cm³/mol. The fourth-order valence-electron chi connectivity index (χ4n) is 4.03. The number of anilines is 2. The van der Waals surface area contributed by atoms with Gasteiger partial charge in [-0.2, -0.15) is 0 Å². The predicted octanol–water partition coefficient (Wildman–Crippen LogP) is 5.29. The van der Waals surface area contributed by atoms with Gasteiger partial charge in [-0.3, -0.25) is 4.79 Å². The number of para-hydroxylation sites is 2. The average molecular weight is 446 g/mol. The van der Waals surface area contributed by atoms with Gasteiger partial charge >= 0.3 is 6.03 Å². The van der Waals surface area contributed by atoms with Crippen LogP contribution < -0.4 is 10.6 Å². The van der Waals surface area contributed by atoms with Gasteiger partial charge in [-0.15, -0.1) is 11.3 Å². The molecule has 0 radical (unpaired) electrons. The van der Waals surface area contributed by atoms with Gasteiger partial charge in [0.1, 0.15) is 5.82 Å². The lowest BCUT2D eigenvalue weighted by atomic mass is 9.97. The van der Waals surface area contributed by atoms with Gasteiger partial charge in [-0.1, -0.05) is 24.3 Å². The smallest absolute Gasteiger partial charge is 0.321 e. The molecule has 1 atom stereocenters. The minimum absolute atomic E-state index is 0.146. The standard InChI is InChI=1S/C24H23N5O2S/c30-23(21-11-5-13-32-21)25-17-7-3-8-18(14-17)26-24(31)29-12-4-6-16(15-29)22-27-19-9-1-2-10-20(19)28-22/h1-3,5,7-11,13-14,16H,4,6,12,15H2,(H,25,30)(H,26,31)(H,27,28). The number of nitrogens with zero attached hydrogens (tertiary/aromatic N) is 2. The van der Waals surface area contributed by atoms with E-state index in [1.54, 1.807) is 18.2 Å². The molecule has 3 amide bonds. The van der Waals surface area contributed by atoms with Crippen molar-refractivity contribution >= 4 is 45.7 Å². The van der Waals surface area contributed by atoms with Gasteiger partial charge in [0.05, 0.1) is 15.9 Å². The molecule has 1 unspecified atom stereocenters. The Bertz CT molecular complexity index is 1220. The van der Waals surface area contributed by atoms with Gasteiger partial charge in [0.2, 0.25) is 0 Å². The quantitative estimate of drug-likeness (QED) is 0.399. The molecule has 2 aromatic carbocycles. The molecule has 0 aliphatic carbocycles. The zero-order valence-corrected chi connectivity index (χ0v) is 18.2. The minimum atomic E-state index is -0.159. The van der Waals surface area contributed by atoms with Crippen LogP contribution >= 0.6 is 11.3 Å². The Labute approximate surface area is 189 Å². The summed E-state index contributed by atoms with van der Waals surface area (Å²) in [6.45, 7) is 1.32. The van der Waals surface area contributed by atoms with E-state index in [1.807, 2.05) is 52.7 Å². The summed E-state index contributed by atoms with van der Waals surface area (Å²) in [6.07, 6.45) is 1.92. The van der Waals surface area contributed by atoms with Crippen LogP contribution in [-0.2, 0) is 0 Å². The number of carbonyl (C=O) groups excluding carboxylic acids is 2. The molecule has 4 aromatic rings. The topological polar surface area (TPSA) is 90.1 Å². The van der Waals surface area contributed by atoms with Crippen LogP contribution in [0.4, 0.5) is 16.2 Å². The summed E-state index contributed by atoms with van der Waals surface area (Å²) in [7, 11) is 0. The number of H-pyrrole nitrogens is 1. The molecule has 1 saturated heterocycles. The highest BCUT2D eigenvalue weighted by Crippen LogP contribution is 2.27. The zero-order valence-electron chi connectivity index (χ0n) is 17.4. The number of piperidine rings is 1. The molecule has 1 aliphatic rings. The summed E-state index contributed by atoms with van der Waals surface area (Å²) in [6, 6.07) is 18.7. The van der Waals surface area contributed by atoms with Gasteiger partial charge < -0.3 is 20.5 Å². The number of amides is 3. The first-order valence-corrected chi connectivity index (χ1v) is 11.5. The zero-order chi connectivity index (χ0) is 21.9. The summed E-state index contributed by atoms with van der Waals surface area (Å²) in [4.78, 5) is 35.8. The highest BCUT2D eigenvalue weighted by atomic mass is 32.1. The lowest BCUT2D eigenvalue weighted by Crippen LogP contribution is -2.41. The Hall–Kier alpha value is -3.65. The highest BCUT2D eigenvalue weighted by molar-refractivity contribution is 7.12. The Morgan fingerprint density at radius 3 is 2.69 bits per heavy atom. The summed E-state index contributed by atoms with van der Waals surface area (Å²) >= 11 is 1.39. The van der Waals surface area contributed by atoms with Gasteiger partial charge in [0, 0.05) is 30.4 Å². The first-order valence-electron chi connectivity index (χ1n) is 10.6. The molecule has 1 fully saturated rings. The van der Waals surface area contributed by atoms with Crippen molar-refractivity contribution in [2.75, 3.05) is 23.7 Å². The third-order valence-electron chi connectivity index (χ3n) is 5.62. The maximum Gasteiger partial charge on any atom is 0.321 e. The third kappa shape index (κ3) is 4.36. The van der Waals surface area contributed by atoms with Crippen molar-refractivity contribution in [3.8, 4) is 0 Å². The Morgan fingerprint density at radius 1 is 1.03 bits per heavy atom. The van der Waals surface area contributed by atoms with Crippen LogP contribution in [0, 0.1) is 0 Å². The van der Waals surface area contributed by atoms with E-state index in [1.165, 1.54) is 11.3 Å². The van der Waals surface area contributed by atoms with Crippen LogP contribution in [0.15, 0.2) is 66.0 Å². The lowest BCUT2D eigenvalue weighted by molar-refractivity contribution is 0.103. The number of nitrogens with one attached hydrogen (secondary N) is 3. The molecule has 3 N–H and O–H groups in total. The van der Waals surface area contributed by atoms with E-state index in [4.69, 9.17) is 4.98 Å². The van der Waals surface area contributed by atoms with Crippen molar-refractivity contribution in [1.82, 2.24) is 14.9 Å². The van der Waals surface area contributed by atoms with Crippen molar-refractivity contribution in [1.29, 1.82) is 0 Å². The number of aromatic nitrogens is 2. The molecule has 162 valence electrons. The highest BCUT2D eigenvalue weighted by Gasteiger charge is 2.27. The van der Waals surface area contributed by atoms with Crippen molar-refractivity contribution in [2.24, 2.45) is 0 Å². The van der Waals surface area contributed by atoms with Crippen LogP contribution in [-0.4, -0.2) is 39.9 Å². The van der Waals surface area contributed by atoms with Crippen LogP contribution in [0.2, 0.25) is 0 Å². The largest absolute Gasteiger partial charge is 0.342 e. The Kier molecular flexibility index (Phi) is 5.60. The van der Waals surface area contributed by atoms with Crippen molar-refractivity contribution in [3.05, 3.63) is 76.7 Å². The summed E-state index contributed by atoms with van der Waals surface area (Å²) in [5.41, 5.74) is 3.25. The molecule has 1 aliphatic heterocycles. The second kappa shape index (κ2) is 8.84. The number of hydrogen-bond donors (Lipinski definition) is 3. The number of aromatic amines is 1. The summed E-state index contributed by atoms with van der Waals surface area (Å²) in [5, 5.41) is 7.70. The minimum Gasteiger partial charge on any atom is -0.342 e. The molecule has 0 spiro atoms. The molecule has 8 heteroatoms. The fourth-order valence-corrected chi connectivity index (χ4v) is 4.65. The molecular formula is C24H23N5O2S. The molecule has 7 nitrogen and oxygen atoms in total. The first kappa shape index (κ1) is 20.3. The van der Waals surface area contributed by atoms with Crippen LogP contribution in [0.25, 0.3) is 11.0 Å². The Morgan fingerprint density at radius 2 is 1.88 bits per heavy atom. The number of rotatable bonds is 4.